The molecule has 1 aliphatic heterocycles. The summed E-state index contributed by atoms with van der Waals surface area (Å²) in [4.78, 5) is 22.7. The van der Waals surface area contributed by atoms with Crippen molar-refractivity contribution in [2.45, 2.75) is 24.9 Å². The minimum atomic E-state index is -0.418. The summed E-state index contributed by atoms with van der Waals surface area (Å²) >= 11 is 0. The fraction of sp³-hybridized carbons (Fsp3) is 0.615. The van der Waals surface area contributed by atoms with E-state index in [9.17, 15) is 4.79 Å². The van der Waals surface area contributed by atoms with Crippen LogP contribution in [0.4, 0.5) is 5.82 Å². The van der Waals surface area contributed by atoms with Gasteiger partial charge in [-0.1, -0.05) is 0 Å². The summed E-state index contributed by atoms with van der Waals surface area (Å²) in [6.45, 7) is 1.84. The first-order valence-electron chi connectivity index (χ1n) is 6.69. The number of carbonyl (C=O) groups excluding carboxylic acids is 1. The van der Waals surface area contributed by atoms with Gasteiger partial charge in [-0.3, -0.25) is 4.79 Å². The number of nitrogens with one attached hydrogen (secondary N) is 1. The summed E-state index contributed by atoms with van der Waals surface area (Å²) in [6.07, 6.45) is 3.76. The lowest BCUT2D eigenvalue weighted by atomic mass is 10.2. The van der Waals surface area contributed by atoms with E-state index in [-0.39, 0.29) is 5.91 Å². The third-order valence-electron chi connectivity index (χ3n) is 3.53. The molecule has 1 atom stereocenters. The Kier molecular flexibility index (Phi) is 3.33. The van der Waals surface area contributed by atoms with E-state index in [1.54, 1.807) is 13.2 Å². The second-order valence-corrected chi connectivity index (χ2v) is 4.97. The number of rotatable bonds is 3. The molecule has 102 valence electrons. The molecule has 6 nitrogen and oxygen atoms in total. The highest BCUT2D eigenvalue weighted by atomic mass is 16.5. The molecule has 6 heteroatoms. The molecular formula is C13H18N4O2. The number of hydrogen-bond donors (Lipinski definition) is 1. The minimum absolute atomic E-state index is 0.0822. The van der Waals surface area contributed by atoms with E-state index in [2.05, 4.69) is 20.2 Å². The maximum absolute atomic E-state index is 11.6. The Labute approximate surface area is 112 Å². The molecule has 0 aromatic carbocycles. The van der Waals surface area contributed by atoms with Crippen LogP contribution in [0.3, 0.4) is 0 Å². The van der Waals surface area contributed by atoms with Crippen LogP contribution in [0.25, 0.3) is 0 Å². The SMILES string of the molecule is CNC(=O)C1CN(c2ccnc(C3CC3)n2)CCO1. The van der Waals surface area contributed by atoms with Gasteiger partial charge >= 0.3 is 0 Å². The Hall–Kier alpha value is -1.69. The number of ether oxygens (including phenoxy) is 1. The minimum Gasteiger partial charge on any atom is -0.365 e. The van der Waals surface area contributed by atoms with Crippen LogP contribution in [0.15, 0.2) is 12.3 Å². The predicted octanol–water partition coefficient (Wildman–Crippen LogP) is 0.305. The van der Waals surface area contributed by atoms with Gasteiger partial charge in [-0.25, -0.2) is 9.97 Å². The third-order valence-corrected chi connectivity index (χ3v) is 3.53. The van der Waals surface area contributed by atoms with Gasteiger partial charge in [-0.2, -0.15) is 0 Å². The van der Waals surface area contributed by atoms with Crippen molar-refractivity contribution in [2.75, 3.05) is 31.6 Å². The fourth-order valence-electron chi connectivity index (χ4n) is 2.26. The van der Waals surface area contributed by atoms with Gasteiger partial charge in [0.05, 0.1) is 13.2 Å². The van der Waals surface area contributed by atoms with E-state index in [0.717, 1.165) is 18.2 Å². The number of aromatic nitrogens is 2. The van der Waals surface area contributed by atoms with Crippen molar-refractivity contribution in [1.82, 2.24) is 15.3 Å². The molecule has 0 bridgehead atoms. The molecule has 1 aromatic rings. The molecule has 1 amide bonds. The molecular weight excluding hydrogens is 244 g/mol. The van der Waals surface area contributed by atoms with Gasteiger partial charge in [0.1, 0.15) is 11.6 Å². The van der Waals surface area contributed by atoms with Crippen molar-refractivity contribution in [3.8, 4) is 0 Å². The maximum Gasteiger partial charge on any atom is 0.250 e. The van der Waals surface area contributed by atoms with Crippen LogP contribution >= 0.6 is 0 Å². The Morgan fingerprint density at radius 2 is 2.37 bits per heavy atom. The largest absolute Gasteiger partial charge is 0.365 e. The number of morpholine rings is 1. The number of anilines is 1. The lowest BCUT2D eigenvalue weighted by Gasteiger charge is -2.32. The van der Waals surface area contributed by atoms with Crippen LogP contribution in [0, 0.1) is 0 Å². The Morgan fingerprint density at radius 1 is 1.53 bits per heavy atom. The number of hydrogen-bond acceptors (Lipinski definition) is 5. The topological polar surface area (TPSA) is 67.4 Å². The summed E-state index contributed by atoms with van der Waals surface area (Å²) < 4.78 is 5.48. The van der Waals surface area contributed by atoms with Crippen LogP contribution in [-0.2, 0) is 9.53 Å². The molecule has 3 rings (SSSR count). The predicted molar refractivity (Wildman–Crippen MR) is 70.0 cm³/mol. The highest BCUT2D eigenvalue weighted by Crippen LogP contribution is 2.38. The summed E-state index contributed by atoms with van der Waals surface area (Å²) in [5, 5.41) is 2.62. The monoisotopic (exact) mass is 262 g/mol. The highest BCUT2D eigenvalue weighted by molar-refractivity contribution is 5.81. The van der Waals surface area contributed by atoms with E-state index in [0.29, 0.717) is 19.1 Å². The first-order chi connectivity index (χ1) is 9.28. The molecule has 19 heavy (non-hydrogen) atoms. The Bertz CT molecular complexity index is 475. The molecule has 1 aromatic heterocycles. The second-order valence-electron chi connectivity index (χ2n) is 4.97. The van der Waals surface area contributed by atoms with E-state index in [4.69, 9.17) is 4.74 Å². The lowest BCUT2D eigenvalue weighted by molar-refractivity contribution is -0.132. The van der Waals surface area contributed by atoms with Gasteiger partial charge in [-0.05, 0) is 18.9 Å². The fourth-order valence-corrected chi connectivity index (χ4v) is 2.26. The van der Waals surface area contributed by atoms with Crippen molar-refractivity contribution >= 4 is 11.7 Å². The van der Waals surface area contributed by atoms with Gasteiger partial charge in [-0.15, -0.1) is 0 Å². The second kappa shape index (κ2) is 5.13. The molecule has 0 spiro atoms. The van der Waals surface area contributed by atoms with Crippen molar-refractivity contribution in [1.29, 1.82) is 0 Å². The van der Waals surface area contributed by atoms with Gasteiger partial charge in [0, 0.05) is 25.7 Å². The van der Waals surface area contributed by atoms with E-state index in [1.165, 1.54) is 12.8 Å². The van der Waals surface area contributed by atoms with E-state index >= 15 is 0 Å². The standard InChI is InChI=1S/C13H18N4O2/c1-14-13(18)10-8-17(6-7-19-10)11-4-5-15-12(16-11)9-2-3-9/h4-5,9-10H,2-3,6-8H2,1H3,(H,14,18). The van der Waals surface area contributed by atoms with Crippen LogP contribution in [-0.4, -0.2) is 48.7 Å². The van der Waals surface area contributed by atoms with Gasteiger partial charge in [0.15, 0.2) is 6.10 Å². The summed E-state index contributed by atoms with van der Waals surface area (Å²) in [5.74, 6) is 2.28. The first kappa shape index (κ1) is 12.3. The summed E-state index contributed by atoms with van der Waals surface area (Å²) in [5.41, 5.74) is 0. The van der Waals surface area contributed by atoms with Crippen LogP contribution in [0.5, 0.6) is 0 Å². The van der Waals surface area contributed by atoms with E-state index < -0.39 is 6.10 Å². The number of carbonyl (C=O) groups is 1. The van der Waals surface area contributed by atoms with Crippen LogP contribution < -0.4 is 10.2 Å². The summed E-state index contributed by atoms with van der Waals surface area (Å²) in [6, 6.07) is 1.90. The highest BCUT2D eigenvalue weighted by Gasteiger charge is 2.29. The number of nitrogens with zero attached hydrogens (tertiary/aromatic N) is 3. The molecule has 1 aliphatic carbocycles. The third kappa shape index (κ3) is 2.68. The molecule has 1 saturated heterocycles. The molecule has 1 saturated carbocycles. The maximum atomic E-state index is 11.6. The molecule has 1 N–H and O–H groups in total. The Balaban J connectivity index is 1.73. The quantitative estimate of drug-likeness (QED) is 0.849. The van der Waals surface area contributed by atoms with Crippen molar-refractivity contribution in [3.63, 3.8) is 0 Å². The molecule has 2 aliphatic rings. The van der Waals surface area contributed by atoms with Crippen molar-refractivity contribution in [3.05, 3.63) is 18.1 Å². The zero-order valence-corrected chi connectivity index (χ0v) is 11.0. The number of amides is 1. The molecule has 0 radical (unpaired) electrons. The summed E-state index contributed by atoms with van der Waals surface area (Å²) in [7, 11) is 1.63. The Morgan fingerprint density at radius 3 is 3.11 bits per heavy atom. The normalized spacial score (nSPS) is 23.2. The van der Waals surface area contributed by atoms with Crippen molar-refractivity contribution in [2.24, 2.45) is 0 Å². The van der Waals surface area contributed by atoms with Gasteiger partial charge < -0.3 is 15.0 Å². The molecule has 1 unspecified atom stereocenters. The van der Waals surface area contributed by atoms with Crippen LogP contribution in [0.2, 0.25) is 0 Å². The average Bonchev–Trinajstić information content (AvgIpc) is 3.31. The van der Waals surface area contributed by atoms with Crippen LogP contribution in [0.1, 0.15) is 24.6 Å². The van der Waals surface area contributed by atoms with Gasteiger partial charge in [0.25, 0.3) is 5.91 Å². The zero-order valence-electron chi connectivity index (χ0n) is 11.0. The smallest absolute Gasteiger partial charge is 0.250 e. The van der Waals surface area contributed by atoms with E-state index in [1.807, 2.05) is 6.07 Å². The first-order valence-corrected chi connectivity index (χ1v) is 6.69. The van der Waals surface area contributed by atoms with Crippen molar-refractivity contribution < 1.29 is 9.53 Å². The average molecular weight is 262 g/mol. The lowest BCUT2D eigenvalue weighted by Crippen LogP contribution is -2.49. The van der Waals surface area contributed by atoms with Gasteiger partial charge in [0.2, 0.25) is 0 Å². The number of likely N-dealkylation sites (N-methyl/N-ethyl adjacent to an activating group) is 1. The molecule has 2 heterocycles. The molecule has 2 fully saturated rings. The zero-order chi connectivity index (χ0) is 13.2.